The van der Waals surface area contributed by atoms with Gasteiger partial charge in [0.25, 0.3) is 5.91 Å². The number of amides is 2. The quantitative estimate of drug-likeness (QED) is 0.778. The summed E-state index contributed by atoms with van der Waals surface area (Å²) >= 11 is 1.39. The highest BCUT2D eigenvalue weighted by molar-refractivity contribution is 7.20. The number of rotatable bonds is 4. The molecule has 3 N–H and O–H groups in total. The molecule has 3 aromatic rings. The topological polar surface area (TPSA) is 72.2 Å². The van der Waals surface area contributed by atoms with Gasteiger partial charge < -0.3 is 11.1 Å². The Balaban J connectivity index is 1.86. The molecule has 1 aromatic heterocycles. The highest BCUT2D eigenvalue weighted by atomic mass is 32.1. The second kappa shape index (κ2) is 5.99. The summed E-state index contributed by atoms with van der Waals surface area (Å²) in [5.74, 6) is -0.880. The van der Waals surface area contributed by atoms with E-state index in [1.807, 2.05) is 36.4 Å². The first-order valence-corrected chi connectivity index (χ1v) is 7.60. The van der Waals surface area contributed by atoms with E-state index in [4.69, 9.17) is 5.73 Å². The Morgan fingerprint density at radius 1 is 1.00 bits per heavy atom. The Kier molecular flexibility index (Phi) is 3.89. The van der Waals surface area contributed by atoms with Crippen LogP contribution in [-0.2, 0) is 4.79 Å². The van der Waals surface area contributed by atoms with Crippen molar-refractivity contribution in [2.24, 2.45) is 5.73 Å². The molecule has 0 radical (unpaired) electrons. The number of benzene rings is 2. The first kappa shape index (κ1) is 14.3. The van der Waals surface area contributed by atoms with Gasteiger partial charge >= 0.3 is 0 Å². The van der Waals surface area contributed by atoms with E-state index in [-0.39, 0.29) is 5.91 Å². The van der Waals surface area contributed by atoms with Gasteiger partial charge in [-0.25, -0.2) is 0 Å². The Hall–Kier alpha value is -2.66. The molecule has 0 aliphatic heterocycles. The van der Waals surface area contributed by atoms with Gasteiger partial charge in [0, 0.05) is 4.70 Å². The number of fused-ring (bicyclic) bond motifs is 1. The normalized spacial score (nSPS) is 12.0. The van der Waals surface area contributed by atoms with Crippen LogP contribution in [0.2, 0.25) is 0 Å². The van der Waals surface area contributed by atoms with E-state index in [0.717, 1.165) is 10.1 Å². The SMILES string of the molecule is NC(=O)[C@H](NC(=O)c1cc2ccccc2s1)c1ccccc1. The zero-order chi connectivity index (χ0) is 15.5. The summed E-state index contributed by atoms with van der Waals surface area (Å²) in [4.78, 5) is 24.6. The minimum absolute atomic E-state index is 0.297. The summed E-state index contributed by atoms with van der Waals surface area (Å²) in [5, 5.41) is 3.71. The van der Waals surface area contributed by atoms with Crippen molar-refractivity contribution in [3.05, 3.63) is 71.1 Å². The van der Waals surface area contributed by atoms with Gasteiger partial charge in [0.1, 0.15) is 6.04 Å². The van der Waals surface area contributed by atoms with Crippen molar-refractivity contribution in [3.8, 4) is 0 Å². The van der Waals surface area contributed by atoms with E-state index in [9.17, 15) is 9.59 Å². The number of nitrogens with one attached hydrogen (secondary N) is 1. The second-order valence-electron chi connectivity index (χ2n) is 4.87. The average molecular weight is 310 g/mol. The van der Waals surface area contributed by atoms with Gasteiger partial charge in [-0.05, 0) is 23.1 Å². The summed E-state index contributed by atoms with van der Waals surface area (Å²) in [6, 6.07) is 17.7. The maximum absolute atomic E-state index is 12.4. The lowest BCUT2D eigenvalue weighted by molar-refractivity contribution is -0.120. The molecule has 2 aromatic carbocycles. The smallest absolute Gasteiger partial charge is 0.262 e. The van der Waals surface area contributed by atoms with E-state index < -0.39 is 11.9 Å². The van der Waals surface area contributed by atoms with Gasteiger partial charge in [0.15, 0.2) is 0 Å². The fourth-order valence-corrected chi connectivity index (χ4v) is 3.23. The molecule has 1 heterocycles. The van der Waals surface area contributed by atoms with Crippen LogP contribution < -0.4 is 11.1 Å². The van der Waals surface area contributed by atoms with Crippen LogP contribution in [0.4, 0.5) is 0 Å². The number of hydrogen-bond acceptors (Lipinski definition) is 3. The molecule has 0 saturated heterocycles. The average Bonchev–Trinajstić information content (AvgIpc) is 2.97. The number of hydrogen-bond donors (Lipinski definition) is 2. The Morgan fingerprint density at radius 2 is 1.68 bits per heavy atom. The maximum atomic E-state index is 12.4. The van der Waals surface area contributed by atoms with Crippen LogP contribution in [-0.4, -0.2) is 11.8 Å². The van der Waals surface area contributed by atoms with E-state index in [1.54, 1.807) is 24.3 Å². The van der Waals surface area contributed by atoms with Crippen molar-refractivity contribution in [1.29, 1.82) is 0 Å². The monoisotopic (exact) mass is 310 g/mol. The van der Waals surface area contributed by atoms with Crippen LogP contribution in [0.1, 0.15) is 21.3 Å². The predicted molar refractivity (Wildman–Crippen MR) is 87.7 cm³/mol. The molecule has 2 amide bonds. The maximum Gasteiger partial charge on any atom is 0.262 e. The molecule has 4 nitrogen and oxygen atoms in total. The predicted octanol–water partition coefficient (Wildman–Crippen LogP) is 2.86. The van der Waals surface area contributed by atoms with E-state index >= 15 is 0 Å². The van der Waals surface area contributed by atoms with E-state index in [1.165, 1.54) is 11.3 Å². The van der Waals surface area contributed by atoms with Gasteiger partial charge in [-0.15, -0.1) is 11.3 Å². The fraction of sp³-hybridized carbons (Fsp3) is 0.0588. The zero-order valence-electron chi connectivity index (χ0n) is 11.7. The molecule has 0 bridgehead atoms. The number of thiophene rings is 1. The molecular formula is C17H14N2O2S. The number of nitrogens with two attached hydrogens (primary N) is 1. The first-order chi connectivity index (χ1) is 10.6. The Morgan fingerprint density at radius 3 is 2.36 bits per heavy atom. The van der Waals surface area contributed by atoms with Crippen molar-refractivity contribution in [2.45, 2.75) is 6.04 Å². The summed E-state index contributed by atoms with van der Waals surface area (Å²) < 4.78 is 1.03. The summed E-state index contributed by atoms with van der Waals surface area (Å²) in [6.45, 7) is 0. The molecule has 0 aliphatic rings. The molecule has 3 rings (SSSR count). The van der Waals surface area contributed by atoms with Crippen LogP contribution in [0.25, 0.3) is 10.1 Å². The molecular weight excluding hydrogens is 296 g/mol. The van der Waals surface area contributed by atoms with Gasteiger partial charge in [-0.3, -0.25) is 9.59 Å². The first-order valence-electron chi connectivity index (χ1n) is 6.79. The lowest BCUT2D eigenvalue weighted by Gasteiger charge is -2.15. The fourth-order valence-electron chi connectivity index (χ4n) is 2.26. The van der Waals surface area contributed by atoms with Gasteiger partial charge in [0.05, 0.1) is 4.88 Å². The third kappa shape index (κ3) is 2.84. The van der Waals surface area contributed by atoms with Crippen molar-refractivity contribution in [3.63, 3.8) is 0 Å². The van der Waals surface area contributed by atoms with E-state index in [0.29, 0.717) is 10.4 Å². The van der Waals surface area contributed by atoms with Crippen LogP contribution in [0, 0.1) is 0 Å². The van der Waals surface area contributed by atoms with Crippen LogP contribution in [0.15, 0.2) is 60.7 Å². The molecule has 0 unspecified atom stereocenters. The Bertz CT molecular complexity index is 794. The van der Waals surface area contributed by atoms with Gasteiger partial charge in [-0.1, -0.05) is 48.5 Å². The van der Waals surface area contributed by atoms with Crippen molar-refractivity contribution in [2.75, 3.05) is 0 Å². The molecule has 0 saturated carbocycles. The van der Waals surface area contributed by atoms with Gasteiger partial charge in [-0.2, -0.15) is 0 Å². The highest BCUT2D eigenvalue weighted by Crippen LogP contribution is 2.25. The lowest BCUT2D eigenvalue weighted by Crippen LogP contribution is -2.37. The van der Waals surface area contributed by atoms with Crippen LogP contribution >= 0.6 is 11.3 Å². The lowest BCUT2D eigenvalue weighted by atomic mass is 10.1. The number of carbonyl (C=O) groups is 2. The van der Waals surface area contributed by atoms with Crippen molar-refractivity contribution in [1.82, 2.24) is 5.32 Å². The van der Waals surface area contributed by atoms with Crippen LogP contribution in [0.5, 0.6) is 0 Å². The zero-order valence-corrected chi connectivity index (χ0v) is 12.5. The minimum Gasteiger partial charge on any atom is -0.368 e. The van der Waals surface area contributed by atoms with Crippen molar-refractivity contribution < 1.29 is 9.59 Å². The second-order valence-corrected chi connectivity index (χ2v) is 5.95. The molecule has 22 heavy (non-hydrogen) atoms. The summed E-state index contributed by atoms with van der Waals surface area (Å²) in [6.07, 6.45) is 0. The molecule has 0 spiro atoms. The van der Waals surface area contributed by atoms with Gasteiger partial charge in [0.2, 0.25) is 5.91 Å². The molecule has 1 atom stereocenters. The largest absolute Gasteiger partial charge is 0.368 e. The molecule has 110 valence electrons. The molecule has 0 fully saturated rings. The summed E-state index contributed by atoms with van der Waals surface area (Å²) in [7, 11) is 0. The van der Waals surface area contributed by atoms with Crippen LogP contribution in [0.3, 0.4) is 0 Å². The number of carbonyl (C=O) groups excluding carboxylic acids is 2. The Labute approximate surface area is 131 Å². The highest BCUT2D eigenvalue weighted by Gasteiger charge is 2.21. The third-order valence-electron chi connectivity index (χ3n) is 3.34. The number of primary amides is 1. The molecule has 0 aliphatic carbocycles. The van der Waals surface area contributed by atoms with Crippen molar-refractivity contribution >= 4 is 33.2 Å². The van der Waals surface area contributed by atoms with E-state index in [2.05, 4.69) is 5.32 Å². The summed E-state index contributed by atoms with van der Waals surface area (Å²) in [5.41, 5.74) is 6.09. The minimum atomic E-state index is -0.834. The third-order valence-corrected chi connectivity index (χ3v) is 4.46. The molecule has 5 heteroatoms. The standard InChI is InChI=1S/C17H14N2O2S/c18-16(20)15(11-6-2-1-3-7-11)19-17(21)14-10-12-8-4-5-9-13(12)22-14/h1-10,15H,(H2,18,20)(H,19,21)/t15-/m1/s1.